The Morgan fingerprint density at radius 3 is 2.71 bits per heavy atom. The highest BCUT2D eigenvalue weighted by atomic mass is 32.1. The van der Waals surface area contributed by atoms with Crippen LogP contribution >= 0.6 is 11.3 Å². The number of hydrogen-bond acceptors (Lipinski definition) is 2. The third-order valence-electron chi connectivity index (χ3n) is 4.54. The zero-order valence-electron chi connectivity index (χ0n) is 11.5. The van der Waals surface area contributed by atoms with Crippen molar-refractivity contribution in [2.75, 3.05) is 7.05 Å². The van der Waals surface area contributed by atoms with Gasteiger partial charge in [-0.2, -0.15) is 0 Å². The van der Waals surface area contributed by atoms with Crippen molar-refractivity contribution >= 4 is 11.3 Å². The van der Waals surface area contributed by atoms with E-state index in [9.17, 15) is 0 Å². The molecule has 0 saturated heterocycles. The maximum atomic E-state index is 3.58. The second kappa shape index (κ2) is 5.11. The van der Waals surface area contributed by atoms with Gasteiger partial charge >= 0.3 is 0 Å². The van der Waals surface area contributed by atoms with Gasteiger partial charge in [0.25, 0.3) is 0 Å². The lowest BCUT2D eigenvalue weighted by Crippen LogP contribution is -2.37. The van der Waals surface area contributed by atoms with Crippen LogP contribution in [0.5, 0.6) is 0 Å². The van der Waals surface area contributed by atoms with Crippen LogP contribution in [0.2, 0.25) is 0 Å². The lowest BCUT2D eigenvalue weighted by atomic mass is 9.65. The van der Waals surface area contributed by atoms with Gasteiger partial charge in [0.05, 0.1) is 0 Å². The standard InChI is InChI=1S/C15H25NS/c1-11-12(8-10-17-11)14(16-4)13-7-5-6-9-15(13,2)3/h8,10,13-14,16H,5-7,9H2,1-4H3. The molecule has 1 saturated carbocycles. The molecule has 1 N–H and O–H groups in total. The summed E-state index contributed by atoms with van der Waals surface area (Å²) in [7, 11) is 2.12. The lowest BCUT2D eigenvalue weighted by Gasteiger charge is -2.43. The average Bonchev–Trinajstić information content (AvgIpc) is 2.68. The summed E-state index contributed by atoms with van der Waals surface area (Å²) in [6.07, 6.45) is 5.55. The van der Waals surface area contributed by atoms with Crippen molar-refractivity contribution in [1.29, 1.82) is 0 Å². The van der Waals surface area contributed by atoms with Gasteiger partial charge in [0.2, 0.25) is 0 Å². The van der Waals surface area contributed by atoms with Gasteiger partial charge in [-0.05, 0) is 55.2 Å². The molecule has 0 spiro atoms. The molecule has 0 bridgehead atoms. The van der Waals surface area contributed by atoms with Gasteiger partial charge in [-0.3, -0.25) is 0 Å². The smallest absolute Gasteiger partial charge is 0.0362 e. The number of hydrogen-bond donors (Lipinski definition) is 1. The first-order valence-corrected chi connectivity index (χ1v) is 7.65. The van der Waals surface area contributed by atoms with E-state index in [1.54, 1.807) is 0 Å². The van der Waals surface area contributed by atoms with E-state index in [1.165, 1.54) is 36.1 Å². The molecule has 2 heteroatoms. The van der Waals surface area contributed by atoms with Crippen molar-refractivity contribution in [3.05, 3.63) is 21.9 Å². The molecule has 0 amide bonds. The van der Waals surface area contributed by atoms with Crippen molar-refractivity contribution in [3.8, 4) is 0 Å². The number of rotatable bonds is 3. The molecule has 2 unspecified atom stereocenters. The Hall–Kier alpha value is -0.340. The summed E-state index contributed by atoms with van der Waals surface area (Å²) < 4.78 is 0. The number of thiophene rings is 1. The van der Waals surface area contributed by atoms with Crippen LogP contribution in [-0.4, -0.2) is 7.05 Å². The molecular weight excluding hydrogens is 226 g/mol. The van der Waals surface area contributed by atoms with Crippen molar-refractivity contribution < 1.29 is 0 Å². The summed E-state index contributed by atoms with van der Waals surface area (Å²) in [5, 5.41) is 5.80. The highest BCUT2D eigenvalue weighted by Gasteiger charge is 2.38. The van der Waals surface area contributed by atoms with Gasteiger partial charge in [0.15, 0.2) is 0 Å². The van der Waals surface area contributed by atoms with Crippen molar-refractivity contribution in [2.24, 2.45) is 11.3 Å². The second-order valence-corrected chi connectivity index (χ2v) is 7.16. The molecule has 1 aromatic rings. The predicted octanol–water partition coefficient (Wildman–Crippen LogP) is 4.53. The fourth-order valence-electron chi connectivity index (χ4n) is 3.43. The number of aryl methyl sites for hydroxylation is 1. The first-order chi connectivity index (χ1) is 8.06. The molecule has 1 nitrogen and oxygen atoms in total. The summed E-state index contributed by atoms with van der Waals surface area (Å²) in [5.74, 6) is 0.773. The summed E-state index contributed by atoms with van der Waals surface area (Å²) in [4.78, 5) is 1.48. The molecule has 2 atom stereocenters. The van der Waals surface area contributed by atoms with E-state index in [-0.39, 0.29) is 0 Å². The van der Waals surface area contributed by atoms with Crippen LogP contribution in [0.25, 0.3) is 0 Å². The fourth-order valence-corrected chi connectivity index (χ4v) is 4.18. The zero-order chi connectivity index (χ0) is 12.5. The van der Waals surface area contributed by atoms with Crippen LogP contribution in [0, 0.1) is 18.3 Å². The third-order valence-corrected chi connectivity index (χ3v) is 5.40. The van der Waals surface area contributed by atoms with E-state index in [2.05, 4.69) is 44.6 Å². The maximum absolute atomic E-state index is 3.58. The monoisotopic (exact) mass is 251 g/mol. The van der Waals surface area contributed by atoms with E-state index in [0.29, 0.717) is 11.5 Å². The molecule has 0 aromatic carbocycles. The van der Waals surface area contributed by atoms with Gasteiger partial charge in [0, 0.05) is 10.9 Å². The largest absolute Gasteiger partial charge is 0.313 e. The van der Waals surface area contributed by atoms with E-state index in [4.69, 9.17) is 0 Å². The Labute approximate surface area is 110 Å². The molecule has 0 radical (unpaired) electrons. The van der Waals surface area contributed by atoms with Crippen molar-refractivity contribution in [1.82, 2.24) is 5.32 Å². The van der Waals surface area contributed by atoms with Crippen LogP contribution in [0.3, 0.4) is 0 Å². The SMILES string of the molecule is CNC(c1ccsc1C)C1CCCCC1(C)C. The normalized spacial score (nSPS) is 25.8. The third kappa shape index (κ3) is 2.58. The van der Waals surface area contributed by atoms with E-state index in [1.807, 2.05) is 11.3 Å². The Morgan fingerprint density at radius 2 is 2.18 bits per heavy atom. The second-order valence-electron chi connectivity index (χ2n) is 6.04. The Bertz CT molecular complexity index is 367. The van der Waals surface area contributed by atoms with Crippen molar-refractivity contribution in [2.45, 2.75) is 52.5 Å². The quantitative estimate of drug-likeness (QED) is 0.832. The first kappa shape index (κ1) is 13.1. The summed E-state index contributed by atoms with van der Waals surface area (Å²) in [6.45, 7) is 7.14. The van der Waals surface area contributed by atoms with Crippen LogP contribution in [-0.2, 0) is 0 Å². The van der Waals surface area contributed by atoms with Gasteiger partial charge in [-0.1, -0.05) is 26.7 Å². The molecule has 17 heavy (non-hydrogen) atoms. The predicted molar refractivity (Wildman–Crippen MR) is 76.6 cm³/mol. The molecular formula is C15H25NS. The highest BCUT2D eigenvalue weighted by Crippen LogP contribution is 2.47. The van der Waals surface area contributed by atoms with Gasteiger partial charge < -0.3 is 5.32 Å². The molecule has 96 valence electrons. The van der Waals surface area contributed by atoms with Crippen LogP contribution in [0.15, 0.2) is 11.4 Å². The zero-order valence-corrected chi connectivity index (χ0v) is 12.4. The summed E-state index contributed by atoms with van der Waals surface area (Å²) in [6, 6.07) is 2.85. The van der Waals surface area contributed by atoms with E-state index < -0.39 is 0 Å². The Kier molecular flexibility index (Phi) is 3.94. The molecule has 1 fully saturated rings. The average molecular weight is 251 g/mol. The minimum atomic E-state index is 0.473. The van der Waals surface area contributed by atoms with Gasteiger partial charge in [-0.15, -0.1) is 11.3 Å². The van der Waals surface area contributed by atoms with Gasteiger partial charge in [-0.25, -0.2) is 0 Å². The first-order valence-electron chi connectivity index (χ1n) is 6.77. The number of nitrogens with one attached hydrogen (secondary N) is 1. The fraction of sp³-hybridized carbons (Fsp3) is 0.733. The lowest BCUT2D eigenvalue weighted by molar-refractivity contribution is 0.101. The molecule has 1 heterocycles. The molecule has 1 aromatic heterocycles. The molecule has 1 aliphatic carbocycles. The topological polar surface area (TPSA) is 12.0 Å². The Balaban J connectivity index is 2.26. The minimum Gasteiger partial charge on any atom is -0.313 e. The van der Waals surface area contributed by atoms with Crippen LogP contribution in [0.4, 0.5) is 0 Å². The molecule has 2 rings (SSSR count). The molecule has 1 aliphatic rings. The summed E-state index contributed by atoms with van der Waals surface area (Å²) >= 11 is 1.87. The maximum Gasteiger partial charge on any atom is 0.0362 e. The Morgan fingerprint density at radius 1 is 1.41 bits per heavy atom. The van der Waals surface area contributed by atoms with E-state index >= 15 is 0 Å². The summed E-state index contributed by atoms with van der Waals surface area (Å²) in [5.41, 5.74) is 2.00. The van der Waals surface area contributed by atoms with Crippen molar-refractivity contribution in [3.63, 3.8) is 0 Å². The van der Waals surface area contributed by atoms with Crippen LogP contribution in [0.1, 0.15) is 56.0 Å². The highest BCUT2D eigenvalue weighted by molar-refractivity contribution is 7.10. The van der Waals surface area contributed by atoms with E-state index in [0.717, 1.165) is 5.92 Å². The molecule has 0 aliphatic heterocycles. The van der Waals surface area contributed by atoms with Crippen LogP contribution < -0.4 is 5.32 Å². The minimum absolute atomic E-state index is 0.473. The van der Waals surface area contributed by atoms with Gasteiger partial charge in [0.1, 0.15) is 0 Å².